The highest BCUT2D eigenvalue weighted by molar-refractivity contribution is 6.05. The molecule has 0 atom stereocenters. The van der Waals surface area contributed by atoms with Crippen molar-refractivity contribution in [3.05, 3.63) is 52.2 Å². The van der Waals surface area contributed by atoms with Gasteiger partial charge in [0, 0.05) is 37.8 Å². The molecule has 1 aliphatic heterocycles. The summed E-state index contributed by atoms with van der Waals surface area (Å²) in [6, 6.07) is 3.78. The zero-order valence-corrected chi connectivity index (χ0v) is 16.0. The van der Waals surface area contributed by atoms with Crippen LogP contribution >= 0.6 is 0 Å². The zero-order chi connectivity index (χ0) is 19.7. The third kappa shape index (κ3) is 3.43. The van der Waals surface area contributed by atoms with Crippen LogP contribution in [-0.4, -0.2) is 38.5 Å². The fraction of sp³-hybridized carbons (Fsp3) is 0.400. The highest BCUT2D eigenvalue weighted by Crippen LogP contribution is 2.21. The van der Waals surface area contributed by atoms with E-state index in [1.807, 2.05) is 23.1 Å². The number of hydrogen-bond acceptors (Lipinski definition) is 5. The van der Waals surface area contributed by atoms with Crippen LogP contribution in [0.15, 0.2) is 35.5 Å². The van der Waals surface area contributed by atoms with Gasteiger partial charge in [-0.1, -0.05) is 0 Å². The van der Waals surface area contributed by atoms with Crippen molar-refractivity contribution in [3.63, 3.8) is 0 Å². The molecule has 0 saturated carbocycles. The van der Waals surface area contributed by atoms with E-state index in [2.05, 4.69) is 15.4 Å². The minimum absolute atomic E-state index is 0.0961. The van der Waals surface area contributed by atoms with Crippen LogP contribution in [-0.2, 0) is 11.3 Å². The normalized spacial score (nSPS) is 15.1. The monoisotopic (exact) mass is 381 g/mol. The summed E-state index contributed by atoms with van der Waals surface area (Å²) < 4.78 is 9.06. The van der Waals surface area contributed by atoms with Crippen molar-refractivity contribution >= 4 is 22.6 Å². The van der Waals surface area contributed by atoms with E-state index < -0.39 is 5.91 Å². The van der Waals surface area contributed by atoms with Gasteiger partial charge in [-0.2, -0.15) is 5.10 Å². The van der Waals surface area contributed by atoms with Gasteiger partial charge >= 0.3 is 0 Å². The molecule has 0 radical (unpaired) electrons. The van der Waals surface area contributed by atoms with E-state index in [-0.39, 0.29) is 17.0 Å². The average Bonchev–Trinajstić information content (AvgIpc) is 3.17. The van der Waals surface area contributed by atoms with Crippen molar-refractivity contribution in [3.8, 4) is 0 Å². The van der Waals surface area contributed by atoms with Crippen LogP contribution in [0.3, 0.4) is 0 Å². The fourth-order valence-corrected chi connectivity index (χ4v) is 3.51. The Hall–Kier alpha value is -3.00. The van der Waals surface area contributed by atoms with Gasteiger partial charge in [0.1, 0.15) is 11.2 Å². The number of pyridine rings is 2. The van der Waals surface area contributed by atoms with Crippen LogP contribution in [0, 0.1) is 6.92 Å². The minimum Gasteiger partial charge on any atom is -0.381 e. The number of aryl methyl sites for hydroxylation is 2. The number of hydrogen-bond donors (Lipinski definition) is 1. The largest absolute Gasteiger partial charge is 0.381 e. The summed E-state index contributed by atoms with van der Waals surface area (Å²) in [5.41, 5.74) is 1.77. The topological polar surface area (TPSA) is 91.0 Å². The van der Waals surface area contributed by atoms with Crippen molar-refractivity contribution in [2.24, 2.45) is 0 Å². The number of ether oxygens (including phenoxy) is 1. The molecular weight excluding hydrogens is 358 g/mol. The van der Waals surface area contributed by atoms with Gasteiger partial charge < -0.3 is 14.6 Å². The molecule has 0 aromatic carbocycles. The van der Waals surface area contributed by atoms with Gasteiger partial charge in [0.25, 0.3) is 5.91 Å². The predicted molar refractivity (Wildman–Crippen MR) is 106 cm³/mol. The Bertz CT molecular complexity index is 1080. The predicted octanol–water partition coefficient (Wildman–Crippen LogP) is 2.53. The van der Waals surface area contributed by atoms with Crippen molar-refractivity contribution in [1.82, 2.24) is 19.3 Å². The molecule has 0 bridgehead atoms. The van der Waals surface area contributed by atoms with E-state index in [4.69, 9.17) is 4.74 Å². The Morgan fingerprint density at radius 3 is 2.82 bits per heavy atom. The molecule has 1 saturated heterocycles. The molecular formula is C20H23N5O3. The number of nitrogens with zero attached hydrogens (tertiary/aromatic N) is 4. The van der Waals surface area contributed by atoms with Crippen LogP contribution in [0.2, 0.25) is 0 Å². The van der Waals surface area contributed by atoms with Crippen LogP contribution in [0.25, 0.3) is 11.0 Å². The molecule has 0 spiro atoms. The van der Waals surface area contributed by atoms with Crippen molar-refractivity contribution in [2.75, 3.05) is 18.5 Å². The Morgan fingerprint density at radius 2 is 2.07 bits per heavy atom. The molecule has 1 aliphatic rings. The van der Waals surface area contributed by atoms with Gasteiger partial charge in [0.05, 0.1) is 23.3 Å². The summed E-state index contributed by atoms with van der Waals surface area (Å²) >= 11 is 0. The third-order valence-corrected chi connectivity index (χ3v) is 5.07. The number of anilines is 1. The van der Waals surface area contributed by atoms with E-state index in [1.54, 1.807) is 30.7 Å². The first-order valence-electron chi connectivity index (χ1n) is 9.51. The highest BCUT2D eigenvalue weighted by Gasteiger charge is 2.19. The lowest BCUT2D eigenvalue weighted by Crippen LogP contribution is -2.24. The number of rotatable bonds is 4. The smallest absolute Gasteiger partial charge is 0.261 e. The number of fused-ring (bicyclic) bond motifs is 1. The molecule has 1 fully saturated rings. The molecule has 3 aromatic heterocycles. The van der Waals surface area contributed by atoms with Gasteiger partial charge in [-0.05, 0) is 38.8 Å². The lowest BCUT2D eigenvalue weighted by atomic mass is 10.1. The molecule has 0 unspecified atom stereocenters. The van der Waals surface area contributed by atoms with E-state index in [0.29, 0.717) is 36.5 Å². The van der Waals surface area contributed by atoms with Crippen molar-refractivity contribution < 1.29 is 9.53 Å². The van der Waals surface area contributed by atoms with E-state index >= 15 is 0 Å². The number of nitrogens with one attached hydrogen (secondary N) is 1. The zero-order valence-electron chi connectivity index (χ0n) is 16.0. The minimum atomic E-state index is -0.443. The van der Waals surface area contributed by atoms with E-state index in [0.717, 1.165) is 18.5 Å². The van der Waals surface area contributed by atoms with Crippen molar-refractivity contribution in [1.29, 1.82) is 0 Å². The molecule has 1 amide bonds. The number of aromatic nitrogens is 4. The standard InChI is InChI=1S/C20H23N5O3/c1-3-24-12-17(18(26)16-5-4-13(2)22-19(16)24)20(27)23-14-10-21-25(11-14)15-6-8-28-9-7-15/h4-5,10-12,15H,3,6-9H2,1-2H3,(H,23,27). The maximum absolute atomic E-state index is 12.8. The van der Waals surface area contributed by atoms with Crippen LogP contribution in [0.1, 0.15) is 41.9 Å². The van der Waals surface area contributed by atoms with E-state index in [1.165, 1.54) is 0 Å². The van der Waals surface area contributed by atoms with Gasteiger partial charge in [-0.25, -0.2) is 4.98 Å². The van der Waals surface area contributed by atoms with Crippen molar-refractivity contribution in [2.45, 2.75) is 39.3 Å². The quantitative estimate of drug-likeness (QED) is 0.750. The summed E-state index contributed by atoms with van der Waals surface area (Å²) in [5, 5.41) is 7.60. The molecule has 28 heavy (non-hydrogen) atoms. The number of carbonyl (C=O) groups excluding carboxylic acids is 1. The lowest BCUT2D eigenvalue weighted by molar-refractivity contribution is 0.0662. The molecule has 8 heteroatoms. The summed E-state index contributed by atoms with van der Waals surface area (Å²) in [7, 11) is 0. The molecule has 1 N–H and O–H groups in total. The highest BCUT2D eigenvalue weighted by atomic mass is 16.5. The maximum Gasteiger partial charge on any atom is 0.261 e. The van der Waals surface area contributed by atoms with Gasteiger partial charge in [0.2, 0.25) is 5.43 Å². The van der Waals surface area contributed by atoms with Gasteiger partial charge in [-0.3, -0.25) is 14.3 Å². The Labute approximate surface area is 162 Å². The second-order valence-electron chi connectivity index (χ2n) is 6.99. The molecule has 8 nitrogen and oxygen atoms in total. The first kappa shape index (κ1) is 18.4. The first-order chi connectivity index (χ1) is 13.6. The average molecular weight is 381 g/mol. The summed E-state index contributed by atoms with van der Waals surface area (Å²) in [4.78, 5) is 30.1. The van der Waals surface area contributed by atoms with Gasteiger partial charge in [-0.15, -0.1) is 0 Å². The van der Waals surface area contributed by atoms with Gasteiger partial charge in [0.15, 0.2) is 0 Å². The maximum atomic E-state index is 12.8. The number of carbonyl (C=O) groups is 1. The molecule has 146 valence electrons. The van der Waals surface area contributed by atoms with Crippen LogP contribution in [0.5, 0.6) is 0 Å². The summed E-state index contributed by atoms with van der Waals surface area (Å²) in [6.45, 7) is 5.87. The molecule has 4 heterocycles. The SMILES string of the molecule is CCn1cc(C(=O)Nc2cnn(C3CCOCC3)c2)c(=O)c2ccc(C)nc21. The third-order valence-electron chi connectivity index (χ3n) is 5.07. The molecule has 4 rings (SSSR count). The van der Waals surface area contributed by atoms with Crippen LogP contribution in [0.4, 0.5) is 5.69 Å². The Kier molecular flexibility index (Phi) is 4.95. The molecule has 3 aromatic rings. The first-order valence-corrected chi connectivity index (χ1v) is 9.51. The van der Waals surface area contributed by atoms with Crippen LogP contribution < -0.4 is 10.7 Å². The number of amides is 1. The second kappa shape index (κ2) is 7.55. The summed E-state index contributed by atoms with van der Waals surface area (Å²) in [6.07, 6.45) is 6.78. The van der Waals surface area contributed by atoms with E-state index in [9.17, 15) is 9.59 Å². The second-order valence-corrected chi connectivity index (χ2v) is 6.99. The fourth-order valence-electron chi connectivity index (χ4n) is 3.51. The Morgan fingerprint density at radius 1 is 1.29 bits per heavy atom. The molecule has 0 aliphatic carbocycles. The summed E-state index contributed by atoms with van der Waals surface area (Å²) in [5.74, 6) is -0.443. The Balaban J connectivity index is 1.62. The lowest BCUT2D eigenvalue weighted by Gasteiger charge is -2.22.